The predicted octanol–water partition coefficient (Wildman–Crippen LogP) is 1.08. The number of hydrogen-bond acceptors (Lipinski definition) is 3. The topological polar surface area (TPSA) is 38.3 Å². The van der Waals surface area contributed by atoms with Crippen LogP contribution in [0.15, 0.2) is 0 Å². The van der Waals surface area contributed by atoms with Crippen LogP contribution in [-0.2, 0) is 9.53 Å². The molecule has 2 aliphatic rings. The highest BCUT2D eigenvalue weighted by atomic mass is 16.5. The van der Waals surface area contributed by atoms with Crippen LogP contribution in [0.4, 0.5) is 0 Å². The van der Waals surface area contributed by atoms with Crippen molar-refractivity contribution in [1.29, 1.82) is 0 Å². The first-order valence-electron chi connectivity index (χ1n) is 5.08. The van der Waals surface area contributed by atoms with Gasteiger partial charge in [0.05, 0.1) is 0 Å². The van der Waals surface area contributed by atoms with Crippen molar-refractivity contribution in [3.63, 3.8) is 0 Å². The van der Waals surface area contributed by atoms with Crippen molar-refractivity contribution in [2.75, 3.05) is 13.1 Å². The largest absolute Gasteiger partial charge is 0.463 e. The summed E-state index contributed by atoms with van der Waals surface area (Å²) >= 11 is 0. The Balaban J connectivity index is 1.78. The molecule has 2 fully saturated rings. The molecular weight excluding hydrogens is 166 g/mol. The highest BCUT2D eigenvalue weighted by molar-refractivity contribution is 5.66. The number of piperidine rings is 1. The molecule has 0 amide bonds. The Hall–Kier alpha value is -0.570. The summed E-state index contributed by atoms with van der Waals surface area (Å²) in [4.78, 5) is 10.7. The average molecular weight is 183 g/mol. The number of nitrogens with one attached hydrogen (secondary N) is 1. The maximum absolute atomic E-state index is 10.7. The fourth-order valence-electron chi connectivity index (χ4n) is 2.59. The summed E-state index contributed by atoms with van der Waals surface area (Å²) in [7, 11) is 0. The monoisotopic (exact) mass is 183 g/mol. The van der Waals surface area contributed by atoms with Crippen molar-refractivity contribution >= 4 is 5.97 Å². The van der Waals surface area contributed by atoms with Crippen LogP contribution in [0.25, 0.3) is 0 Å². The van der Waals surface area contributed by atoms with Crippen molar-refractivity contribution < 1.29 is 9.53 Å². The normalized spacial score (nSPS) is 26.8. The van der Waals surface area contributed by atoms with Gasteiger partial charge in [-0.15, -0.1) is 0 Å². The summed E-state index contributed by atoms with van der Waals surface area (Å²) in [5.41, 5.74) is 0.519. The van der Waals surface area contributed by atoms with Gasteiger partial charge in [-0.2, -0.15) is 0 Å². The molecule has 1 spiro atoms. The second-order valence-corrected chi connectivity index (χ2v) is 4.39. The van der Waals surface area contributed by atoms with Crippen molar-refractivity contribution in [1.82, 2.24) is 5.32 Å². The van der Waals surface area contributed by atoms with E-state index in [0.29, 0.717) is 5.41 Å². The van der Waals surface area contributed by atoms with Crippen molar-refractivity contribution in [3.8, 4) is 0 Å². The van der Waals surface area contributed by atoms with Gasteiger partial charge in [0.1, 0.15) is 6.10 Å². The molecule has 1 N–H and O–H groups in total. The van der Waals surface area contributed by atoms with E-state index in [1.54, 1.807) is 0 Å². The Morgan fingerprint density at radius 1 is 1.38 bits per heavy atom. The first kappa shape index (κ1) is 9.00. The average Bonchev–Trinajstić information content (AvgIpc) is 2.02. The Bertz CT molecular complexity index is 201. The molecule has 0 aromatic rings. The molecule has 2 rings (SSSR count). The van der Waals surface area contributed by atoms with E-state index < -0.39 is 0 Å². The van der Waals surface area contributed by atoms with Crippen LogP contribution in [-0.4, -0.2) is 25.2 Å². The van der Waals surface area contributed by atoms with Gasteiger partial charge >= 0.3 is 5.97 Å². The highest BCUT2D eigenvalue weighted by Gasteiger charge is 2.45. The Morgan fingerprint density at radius 2 is 2.00 bits per heavy atom. The first-order chi connectivity index (χ1) is 6.20. The summed E-state index contributed by atoms with van der Waals surface area (Å²) in [6.45, 7) is 3.76. The lowest BCUT2D eigenvalue weighted by atomic mass is 9.62. The second kappa shape index (κ2) is 3.29. The lowest BCUT2D eigenvalue weighted by molar-refractivity contribution is -0.160. The van der Waals surface area contributed by atoms with Crippen molar-refractivity contribution in [2.45, 2.75) is 38.7 Å². The SMILES string of the molecule is CC(=O)OC1CC2(CCNCC2)C1. The van der Waals surface area contributed by atoms with Crippen LogP contribution in [0.3, 0.4) is 0 Å². The van der Waals surface area contributed by atoms with Crippen LogP contribution >= 0.6 is 0 Å². The molecule has 0 aromatic carbocycles. The van der Waals surface area contributed by atoms with Gasteiger partial charge in [-0.25, -0.2) is 0 Å². The van der Waals surface area contributed by atoms with Gasteiger partial charge in [-0.3, -0.25) is 4.79 Å². The number of hydrogen-bond donors (Lipinski definition) is 1. The third-order valence-corrected chi connectivity index (χ3v) is 3.32. The summed E-state index contributed by atoms with van der Waals surface area (Å²) in [6.07, 6.45) is 4.91. The number of carbonyl (C=O) groups is 1. The minimum absolute atomic E-state index is 0.131. The van der Waals surface area contributed by atoms with E-state index in [2.05, 4.69) is 5.32 Å². The molecule has 0 atom stereocenters. The lowest BCUT2D eigenvalue weighted by Gasteiger charge is -2.49. The Labute approximate surface area is 78.8 Å². The minimum atomic E-state index is -0.131. The maximum atomic E-state index is 10.7. The standard InChI is InChI=1S/C10H17NO2/c1-8(12)13-9-6-10(7-9)2-4-11-5-3-10/h9,11H,2-7H2,1H3. The van der Waals surface area contributed by atoms with Crippen LogP contribution in [0, 0.1) is 5.41 Å². The molecule has 0 unspecified atom stereocenters. The van der Waals surface area contributed by atoms with Crippen LogP contribution in [0.5, 0.6) is 0 Å². The molecule has 3 heteroatoms. The summed E-state index contributed by atoms with van der Waals surface area (Å²) < 4.78 is 5.15. The zero-order valence-corrected chi connectivity index (χ0v) is 8.14. The van der Waals surface area contributed by atoms with Crippen LogP contribution < -0.4 is 5.32 Å². The molecule has 74 valence electrons. The highest BCUT2D eigenvalue weighted by Crippen LogP contribution is 2.49. The van der Waals surface area contributed by atoms with E-state index in [4.69, 9.17) is 4.74 Å². The zero-order chi connectivity index (χ0) is 9.31. The van der Waals surface area contributed by atoms with E-state index in [-0.39, 0.29) is 12.1 Å². The van der Waals surface area contributed by atoms with E-state index >= 15 is 0 Å². The zero-order valence-electron chi connectivity index (χ0n) is 8.14. The molecule has 0 aromatic heterocycles. The molecule has 0 radical (unpaired) electrons. The predicted molar refractivity (Wildman–Crippen MR) is 49.3 cm³/mol. The van der Waals surface area contributed by atoms with Crippen molar-refractivity contribution in [3.05, 3.63) is 0 Å². The quantitative estimate of drug-likeness (QED) is 0.618. The number of ether oxygens (including phenoxy) is 1. The van der Waals surface area contributed by atoms with Gasteiger partial charge in [0.2, 0.25) is 0 Å². The van der Waals surface area contributed by atoms with Gasteiger partial charge < -0.3 is 10.1 Å². The third kappa shape index (κ3) is 1.85. The van der Waals surface area contributed by atoms with E-state index in [1.807, 2.05) is 0 Å². The summed E-state index contributed by atoms with van der Waals surface area (Å²) in [5.74, 6) is -0.131. The molecule has 3 nitrogen and oxygen atoms in total. The lowest BCUT2D eigenvalue weighted by Crippen LogP contribution is -2.49. The van der Waals surface area contributed by atoms with E-state index in [0.717, 1.165) is 25.9 Å². The molecule has 0 bridgehead atoms. The number of rotatable bonds is 1. The summed E-state index contributed by atoms with van der Waals surface area (Å²) in [6, 6.07) is 0. The van der Waals surface area contributed by atoms with Gasteiger partial charge in [-0.1, -0.05) is 0 Å². The van der Waals surface area contributed by atoms with Gasteiger partial charge in [0.25, 0.3) is 0 Å². The Morgan fingerprint density at radius 3 is 2.54 bits per heavy atom. The molecule has 1 saturated heterocycles. The fourth-order valence-corrected chi connectivity index (χ4v) is 2.59. The third-order valence-electron chi connectivity index (χ3n) is 3.32. The number of carbonyl (C=O) groups excluding carboxylic acids is 1. The fraction of sp³-hybridized carbons (Fsp3) is 0.900. The molecule has 13 heavy (non-hydrogen) atoms. The van der Waals surface area contributed by atoms with Crippen molar-refractivity contribution in [2.24, 2.45) is 5.41 Å². The molecular formula is C10H17NO2. The van der Waals surface area contributed by atoms with Gasteiger partial charge in [-0.05, 0) is 44.2 Å². The molecule has 1 aliphatic carbocycles. The smallest absolute Gasteiger partial charge is 0.302 e. The molecule has 1 saturated carbocycles. The van der Waals surface area contributed by atoms with Crippen LogP contribution in [0.1, 0.15) is 32.6 Å². The van der Waals surface area contributed by atoms with E-state index in [9.17, 15) is 4.79 Å². The number of esters is 1. The molecule has 1 heterocycles. The minimum Gasteiger partial charge on any atom is -0.463 e. The summed E-state index contributed by atoms with van der Waals surface area (Å²) in [5, 5.41) is 3.36. The van der Waals surface area contributed by atoms with Gasteiger partial charge in [0.15, 0.2) is 0 Å². The first-order valence-corrected chi connectivity index (χ1v) is 5.08. The van der Waals surface area contributed by atoms with Crippen LogP contribution in [0.2, 0.25) is 0 Å². The van der Waals surface area contributed by atoms with Gasteiger partial charge in [0, 0.05) is 6.92 Å². The van der Waals surface area contributed by atoms with E-state index in [1.165, 1.54) is 19.8 Å². The second-order valence-electron chi connectivity index (χ2n) is 4.39. The maximum Gasteiger partial charge on any atom is 0.302 e. The Kier molecular flexibility index (Phi) is 2.28. The molecule has 1 aliphatic heterocycles.